The Hall–Kier alpha value is -4.32. The quantitative estimate of drug-likeness (QED) is 0.266. The molecule has 1 unspecified atom stereocenters. The Morgan fingerprint density at radius 2 is 1.56 bits per heavy atom. The van der Waals surface area contributed by atoms with Gasteiger partial charge >= 0.3 is 0 Å². The maximum absolute atomic E-state index is 14.3. The molecule has 1 N–H and O–H groups in total. The lowest BCUT2D eigenvalue weighted by atomic mass is 10.1. The zero-order valence-corrected chi connectivity index (χ0v) is 26.8. The first-order chi connectivity index (χ1) is 21.6. The number of carbonyl (C=O) groups is 2. The van der Waals surface area contributed by atoms with Gasteiger partial charge in [0.1, 0.15) is 24.2 Å². The highest BCUT2D eigenvalue weighted by Gasteiger charge is 2.35. The number of nitrogens with one attached hydrogen (secondary N) is 1. The maximum Gasteiger partial charge on any atom is 0.264 e. The van der Waals surface area contributed by atoms with Crippen molar-refractivity contribution < 1.29 is 36.6 Å². The first-order valence-electron chi connectivity index (χ1n) is 14.8. The minimum Gasteiger partial charge on any atom is -0.497 e. The second-order valence-electron chi connectivity index (χ2n) is 10.8. The monoisotopic (exact) mass is 641 g/mol. The number of benzene rings is 3. The molecule has 3 aromatic rings. The van der Waals surface area contributed by atoms with Crippen LogP contribution in [0.5, 0.6) is 17.2 Å². The number of amides is 2. The van der Waals surface area contributed by atoms with Crippen molar-refractivity contribution in [2.75, 3.05) is 32.2 Å². The van der Waals surface area contributed by atoms with Crippen molar-refractivity contribution in [3.8, 4) is 17.2 Å². The van der Waals surface area contributed by atoms with Gasteiger partial charge < -0.3 is 24.4 Å². The number of hydrogen-bond donors (Lipinski definition) is 1. The van der Waals surface area contributed by atoms with Crippen molar-refractivity contribution in [2.45, 2.75) is 62.6 Å². The summed E-state index contributed by atoms with van der Waals surface area (Å²) in [5.74, 6) is -0.323. The molecule has 242 valence electrons. The van der Waals surface area contributed by atoms with Gasteiger partial charge in [0.05, 0.1) is 31.9 Å². The Morgan fingerprint density at radius 3 is 2.13 bits per heavy atom. The minimum atomic E-state index is -4.40. The summed E-state index contributed by atoms with van der Waals surface area (Å²) in [6.07, 6.45) is 4.10. The molecule has 1 atom stereocenters. The van der Waals surface area contributed by atoms with Crippen LogP contribution in [0.15, 0.2) is 71.6 Å². The van der Waals surface area contributed by atoms with Crippen LogP contribution in [0, 0.1) is 5.82 Å². The van der Waals surface area contributed by atoms with Crippen molar-refractivity contribution in [3.63, 3.8) is 0 Å². The zero-order valence-electron chi connectivity index (χ0n) is 26.0. The molecule has 0 heterocycles. The molecule has 3 aromatic carbocycles. The average molecular weight is 642 g/mol. The van der Waals surface area contributed by atoms with Crippen molar-refractivity contribution >= 4 is 27.5 Å². The van der Waals surface area contributed by atoms with Crippen LogP contribution in [-0.2, 0) is 26.2 Å². The highest BCUT2D eigenvalue weighted by atomic mass is 32.2. The largest absolute Gasteiger partial charge is 0.497 e. The number of sulfonamides is 1. The molecule has 0 bridgehead atoms. The minimum absolute atomic E-state index is 0.0330. The summed E-state index contributed by atoms with van der Waals surface area (Å²) in [6, 6.07) is 15.2. The van der Waals surface area contributed by atoms with Crippen LogP contribution in [0.3, 0.4) is 0 Å². The topological polar surface area (TPSA) is 114 Å². The Morgan fingerprint density at radius 1 is 0.911 bits per heavy atom. The summed E-state index contributed by atoms with van der Waals surface area (Å²) in [5, 5.41) is 3.09. The standard InChI is InChI=1S/C33H40FN3O7S/c1-5-29(33(39)35-25-8-6-7-9-25)36(21-23-10-16-27(42-2)17-11-23)32(38)22-37(26-14-12-24(34)13-15-26)45(40,41)28-18-19-30(43-3)31(20-28)44-4/h10-20,25,29H,5-9,21-22H2,1-4H3,(H,35,39). The molecule has 45 heavy (non-hydrogen) atoms. The number of hydrogen-bond acceptors (Lipinski definition) is 7. The van der Waals surface area contributed by atoms with E-state index in [9.17, 15) is 22.4 Å². The average Bonchev–Trinajstić information content (AvgIpc) is 3.56. The highest BCUT2D eigenvalue weighted by Crippen LogP contribution is 2.32. The van der Waals surface area contributed by atoms with E-state index in [1.165, 1.54) is 49.5 Å². The second-order valence-corrected chi connectivity index (χ2v) is 12.7. The lowest BCUT2D eigenvalue weighted by molar-refractivity contribution is -0.140. The van der Waals surface area contributed by atoms with Gasteiger partial charge in [-0.15, -0.1) is 0 Å². The molecule has 1 aliphatic rings. The normalized spacial score (nSPS) is 14.0. The predicted molar refractivity (Wildman–Crippen MR) is 168 cm³/mol. The molecular weight excluding hydrogens is 601 g/mol. The van der Waals surface area contributed by atoms with Crippen LogP contribution in [-0.4, -0.2) is 65.1 Å². The number of ether oxygens (including phenoxy) is 3. The fraction of sp³-hybridized carbons (Fsp3) is 0.394. The van der Waals surface area contributed by atoms with Gasteiger partial charge in [-0.3, -0.25) is 13.9 Å². The number of rotatable bonds is 14. The smallest absolute Gasteiger partial charge is 0.264 e. The summed E-state index contributed by atoms with van der Waals surface area (Å²) in [4.78, 5) is 29.1. The van der Waals surface area contributed by atoms with Gasteiger partial charge in [-0.2, -0.15) is 0 Å². The van der Waals surface area contributed by atoms with Crippen molar-refractivity contribution in [2.24, 2.45) is 0 Å². The van der Waals surface area contributed by atoms with Crippen LogP contribution in [0.1, 0.15) is 44.6 Å². The highest BCUT2D eigenvalue weighted by molar-refractivity contribution is 7.92. The summed E-state index contributed by atoms with van der Waals surface area (Å²) in [7, 11) is -0.0323. The van der Waals surface area contributed by atoms with E-state index in [0.29, 0.717) is 17.9 Å². The first kappa shape index (κ1) is 33.6. The zero-order chi connectivity index (χ0) is 32.6. The Kier molecular flexibility index (Phi) is 11.3. The fourth-order valence-electron chi connectivity index (χ4n) is 5.45. The van der Waals surface area contributed by atoms with E-state index in [-0.39, 0.29) is 34.8 Å². The number of nitrogens with zero attached hydrogens (tertiary/aromatic N) is 2. The molecule has 12 heteroatoms. The molecule has 0 aromatic heterocycles. The predicted octanol–water partition coefficient (Wildman–Crippen LogP) is 4.91. The van der Waals surface area contributed by atoms with Crippen LogP contribution < -0.4 is 23.8 Å². The SMILES string of the molecule is CCC(C(=O)NC1CCCC1)N(Cc1ccc(OC)cc1)C(=O)CN(c1ccc(F)cc1)S(=O)(=O)c1ccc(OC)c(OC)c1. The number of halogens is 1. The second kappa shape index (κ2) is 15.1. The molecule has 1 saturated carbocycles. The van der Waals surface area contributed by atoms with Gasteiger partial charge in [0.2, 0.25) is 11.8 Å². The summed E-state index contributed by atoms with van der Waals surface area (Å²) < 4.78 is 59.0. The number of carbonyl (C=O) groups excluding carboxylic acids is 2. The van der Waals surface area contributed by atoms with E-state index in [4.69, 9.17) is 14.2 Å². The molecular formula is C33H40FN3O7S. The van der Waals surface area contributed by atoms with Gasteiger partial charge in [-0.1, -0.05) is 31.9 Å². The van der Waals surface area contributed by atoms with Crippen LogP contribution in [0.25, 0.3) is 0 Å². The van der Waals surface area contributed by atoms with Crippen molar-refractivity contribution in [1.82, 2.24) is 10.2 Å². The van der Waals surface area contributed by atoms with E-state index in [1.807, 2.05) is 6.92 Å². The Balaban J connectivity index is 1.73. The van der Waals surface area contributed by atoms with E-state index in [0.717, 1.165) is 47.7 Å². The van der Waals surface area contributed by atoms with Crippen LogP contribution in [0.2, 0.25) is 0 Å². The summed E-state index contributed by atoms with van der Waals surface area (Å²) >= 11 is 0. The lowest BCUT2D eigenvalue weighted by Gasteiger charge is -2.33. The first-order valence-corrected chi connectivity index (χ1v) is 16.3. The molecule has 1 aliphatic carbocycles. The third kappa shape index (κ3) is 8.05. The third-order valence-corrected chi connectivity index (χ3v) is 9.71. The Bertz CT molecular complexity index is 1560. The van der Waals surface area contributed by atoms with Crippen molar-refractivity contribution in [3.05, 3.63) is 78.1 Å². The lowest BCUT2D eigenvalue weighted by Crippen LogP contribution is -2.53. The van der Waals surface area contributed by atoms with E-state index >= 15 is 0 Å². The van der Waals surface area contributed by atoms with Crippen LogP contribution >= 0.6 is 0 Å². The third-order valence-electron chi connectivity index (χ3n) is 7.94. The molecule has 0 radical (unpaired) electrons. The van der Waals surface area contributed by atoms with Gasteiger partial charge in [0.25, 0.3) is 10.0 Å². The summed E-state index contributed by atoms with van der Waals surface area (Å²) in [6.45, 7) is 1.21. The van der Waals surface area contributed by atoms with Gasteiger partial charge in [-0.05, 0) is 73.4 Å². The molecule has 0 aliphatic heterocycles. The van der Waals surface area contributed by atoms with Crippen molar-refractivity contribution in [1.29, 1.82) is 0 Å². The molecule has 0 spiro atoms. The van der Waals surface area contributed by atoms with Gasteiger partial charge in [0, 0.05) is 18.7 Å². The number of anilines is 1. The molecule has 0 saturated heterocycles. The summed E-state index contributed by atoms with van der Waals surface area (Å²) in [5.41, 5.74) is 0.805. The van der Waals surface area contributed by atoms with E-state index < -0.39 is 34.3 Å². The maximum atomic E-state index is 14.3. The Labute approximate surface area is 264 Å². The fourth-order valence-corrected chi connectivity index (χ4v) is 6.89. The van der Waals surface area contributed by atoms with E-state index in [2.05, 4.69) is 5.32 Å². The molecule has 10 nitrogen and oxygen atoms in total. The number of methoxy groups -OCH3 is 3. The van der Waals surface area contributed by atoms with Gasteiger partial charge in [-0.25, -0.2) is 12.8 Å². The molecule has 4 rings (SSSR count). The van der Waals surface area contributed by atoms with E-state index in [1.54, 1.807) is 31.4 Å². The van der Waals surface area contributed by atoms with Crippen LogP contribution in [0.4, 0.5) is 10.1 Å². The molecule has 1 fully saturated rings. The van der Waals surface area contributed by atoms with Gasteiger partial charge in [0.15, 0.2) is 11.5 Å². The molecule has 2 amide bonds.